The maximum absolute atomic E-state index is 14.6. The van der Waals surface area contributed by atoms with Crippen molar-refractivity contribution in [1.29, 1.82) is 0 Å². The Balaban J connectivity index is 2.48. The molecular weight excluding hydrogens is 470 g/mol. The van der Waals surface area contributed by atoms with Crippen LogP contribution >= 0.6 is 0 Å². The molecule has 3 aromatic rings. The smallest absolute Gasteiger partial charge is 0.200 e. The molecular formula is C21H10F10Si. The van der Waals surface area contributed by atoms with E-state index in [2.05, 4.69) is 0 Å². The lowest BCUT2D eigenvalue weighted by molar-refractivity contribution is 0.381. The highest BCUT2D eigenvalue weighted by Crippen LogP contribution is 2.25. The van der Waals surface area contributed by atoms with Gasteiger partial charge in [0.2, 0.25) is 11.6 Å². The fourth-order valence-corrected chi connectivity index (χ4v) is 6.61. The van der Waals surface area contributed by atoms with Gasteiger partial charge < -0.3 is 0 Å². The normalized spacial score (nSPS) is 12.1. The summed E-state index contributed by atoms with van der Waals surface area (Å²) in [5.41, 5.74) is 0.984. The summed E-state index contributed by atoms with van der Waals surface area (Å²) in [5.74, 6) is -24.5. The molecule has 0 heterocycles. The van der Waals surface area contributed by atoms with Crippen LogP contribution in [0.15, 0.2) is 36.0 Å². The fourth-order valence-electron chi connectivity index (χ4n) is 3.24. The quantitative estimate of drug-likeness (QED) is 0.200. The van der Waals surface area contributed by atoms with Crippen molar-refractivity contribution in [2.75, 3.05) is 0 Å². The maximum Gasteiger partial charge on any atom is 0.200 e. The summed E-state index contributed by atoms with van der Waals surface area (Å²) in [5, 5.41) is -3.33. The molecule has 0 bridgehead atoms. The Hall–Kier alpha value is -3.08. The van der Waals surface area contributed by atoms with Gasteiger partial charge in [0.05, 0.1) is 0 Å². The van der Waals surface area contributed by atoms with E-state index in [9.17, 15) is 43.9 Å². The number of benzene rings is 3. The predicted molar refractivity (Wildman–Crippen MR) is 98.8 cm³/mol. The zero-order valence-corrected chi connectivity index (χ0v) is 16.8. The molecule has 0 nitrogen and oxygen atoms in total. The van der Waals surface area contributed by atoms with Gasteiger partial charge in [-0.1, -0.05) is 48.7 Å². The van der Waals surface area contributed by atoms with Crippen molar-refractivity contribution < 1.29 is 43.9 Å². The molecule has 0 amide bonds. The van der Waals surface area contributed by atoms with Crippen molar-refractivity contribution >= 4 is 24.5 Å². The second kappa shape index (κ2) is 8.45. The third-order valence-electron chi connectivity index (χ3n) is 4.87. The molecule has 32 heavy (non-hydrogen) atoms. The molecule has 0 aromatic heterocycles. The minimum absolute atomic E-state index is 0.263. The lowest BCUT2D eigenvalue weighted by Crippen LogP contribution is -2.60. The molecule has 168 valence electrons. The molecule has 0 saturated carbocycles. The Morgan fingerprint density at radius 2 is 0.812 bits per heavy atom. The first kappa shape index (κ1) is 23.6. The number of hydrogen-bond donors (Lipinski definition) is 0. The van der Waals surface area contributed by atoms with Crippen LogP contribution < -0.4 is 10.4 Å². The first-order valence-corrected chi connectivity index (χ1v) is 11.3. The van der Waals surface area contributed by atoms with Crippen molar-refractivity contribution in [3.63, 3.8) is 0 Å². The van der Waals surface area contributed by atoms with E-state index in [4.69, 9.17) is 0 Å². The van der Waals surface area contributed by atoms with Crippen molar-refractivity contribution in [2.24, 2.45) is 0 Å². The number of halogens is 10. The van der Waals surface area contributed by atoms with Crippen LogP contribution in [0.1, 0.15) is 5.56 Å². The largest absolute Gasteiger partial charge is 0.204 e. The van der Waals surface area contributed by atoms with Crippen LogP contribution in [0.25, 0.3) is 6.08 Å². The molecule has 11 heteroatoms. The van der Waals surface area contributed by atoms with E-state index in [1.807, 2.05) is 0 Å². The van der Waals surface area contributed by atoms with Crippen LogP contribution in [0, 0.1) is 58.2 Å². The molecule has 0 aliphatic heterocycles. The highest BCUT2D eigenvalue weighted by Gasteiger charge is 2.45. The summed E-state index contributed by atoms with van der Waals surface area (Å²) >= 11 is 0. The minimum Gasteiger partial charge on any atom is -0.204 e. The Bertz CT molecular complexity index is 1110. The monoisotopic (exact) mass is 480 g/mol. The summed E-state index contributed by atoms with van der Waals surface area (Å²) in [6.45, 7) is 0.697. The number of rotatable bonds is 4. The van der Waals surface area contributed by atoms with Gasteiger partial charge >= 0.3 is 0 Å². The SMILES string of the molecule is C[Si](/C=C/c1ccccc1)(c1c(F)c(F)c(F)c(F)c1F)c1c(F)c(F)c(F)c(F)c1F. The van der Waals surface area contributed by atoms with E-state index in [0.717, 1.165) is 11.8 Å². The zero-order valence-electron chi connectivity index (χ0n) is 15.8. The van der Waals surface area contributed by atoms with Crippen molar-refractivity contribution in [3.8, 4) is 0 Å². The van der Waals surface area contributed by atoms with Crippen LogP contribution in [0.4, 0.5) is 43.9 Å². The van der Waals surface area contributed by atoms with Crippen molar-refractivity contribution in [1.82, 2.24) is 0 Å². The molecule has 0 unspecified atom stereocenters. The standard InChI is InChI=1S/C21H10F10Si/c1-32(8-7-9-5-3-2-4-6-9,20-16(28)12(24)10(22)13(25)17(20)29)21-18(30)14(26)11(23)15(27)19(21)31/h2-8H,1H3/b8-7+. The summed E-state index contributed by atoms with van der Waals surface area (Å²) in [7, 11) is -5.01. The Labute approximate surface area is 175 Å². The molecule has 3 aromatic carbocycles. The first-order valence-electron chi connectivity index (χ1n) is 8.71. The van der Waals surface area contributed by atoms with Gasteiger partial charge in [0.1, 0.15) is 0 Å². The molecule has 0 fully saturated rings. The fraction of sp³-hybridized carbons (Fsp3) is 0.0476. The van der Waals surface area contributed by atoms with Crippen LogP contribution in [-0.4, -0.2) is 8.07 Å². The van der Waals surface area contributed by atoms with Gasteiger partial charge in [0, 0.05) is 10.4 Å². The Morgan fingerprint density at radius 3 is 1.16 bits per heavy atom. The molecule has 0 radical (unpaired) electrons. The second-order valence-electron chi connectivity index (χ2n) is 6.84. The lowest BCUT2D eigenvalue weighted by Gasteiger charge is -2.27. The Kier molecular flexibility index (Phi) is 6.23. The molecule has 0 atom stereocenters. The van der Waals surface area contributed by atoms with Gasteiger partial charge in [-0.3, -0.25) is 0 Å². The van der Waals surface area contributed by atoms with Crippen LogP contribution in [0.3, 0.4) is 0 Å². The summed E-state index contributed by atoms with van der Waals surface area (Å²) in [6, 6.07) is 7.40. The molecule has 0 spiro atoms. The molecule has 0 aliphatic carbocycles. The highest BCUT2D eigenvalue weighted by molar-refractivity contribution is 7.05. The minimum atomic E-state index is -5.01. The topological polar surface area (TPSA) is 0 Å². The highest BCUT2D eigenvalue weighted by atomic mass is 28.3. The zero-order chi connectivity index (χ0) is 24.0. The maximum atomic E-state index is 14.6. The van der Waals surface area contributed by atoms with Gasteiger partial charge in [-0.2, -0.15) is 0 Å². The summed E-state index contributed by atoms with van der Waals surface area (Å²) in [4.78, 5) is 0. The van der Waals surface area contributed by atoms with E-state index < -0.39 is 76.6 Å². The van der Waals surface area contributed by atoms with E-state index in [0.29, 0.717) is 6.55 Å². The average Bonchev–Trinajstić information content (AvgIpc) is 2.78. The summed E-state index contributed by atoms with van der Waals surface area (Å²) in [6.07, 6.45) is 1.03. The van der Waals surface area contributed by atoms with Gasteiger partial charge in [-0.25, -0.2) is 43.9 Å². The molecule has 3 rings (SSSR count). The van der Waals surface area contributed by atoms with Crippen LogP contribution in [0.5, 0.6) is 0 Å². The number of hydrogen-bond acceptors (Lipinski definition) is 0. The third-order valence-corrected chi connectivity index (χ3v) is 8.66. The molecule has 0 saturated heterocycles. The van der Waals surface area contributed by atoms with E-state index >= 15 is 0 Å². The van der Waals surface area contributed by atoms with Gasteiger partial charge in [-0.15, -0.1) is 0 Å². The van der Waals surface area contributed by atoms with Crippen LogP contribution in [0.2, 0.25) is 6.55 Å². The Morgan fingerprint density at radius 1 is 0.500 bits per heavy atom. The molecule has 0 aliphatic rings. The van der Waals surface area contributed by atoms with E-state index in [1.165, 1.54) is 24.3 Å². The van der Waals surface area contributed by atoms with Gasteiger partial charge in [0.15, 0.2) is 54.6 Å². The lowest BCUT2D eigenvalue weighted by atomic mass is 10.2. The van der Waals surface area contributed by atoms with E-state index in [1.54, 1.807) is 6.07 Å². The van der Waals surface area contributed by atoms with Gasteiger partial charge in [0.25, 0.3) is 0 Å². The van der Waals surface area contributed by atoms with Gasteiger partial charge in [-0.05, 0) is 5.56 Å². The first-order chi connectivity index (χ1) is 14.9. The second-order valence-corrected chi connectivity index (χ2v) is 10.6. The summed E-state index contributed by atoms with van der Waals surface area (Å²) < 4.78 is 141. The molecule has 0 N–H and O–H groups in total. The van der Waals surface area contributed by atoms with Crippen LogP contribution in [-0.2, 0) is 0 Å². The van der Waals surface area contributed by atoms with Crippen molar-refractivity contribution in [2.45, 2.75) is 6.55 Å². The van der Waals surface area contributed by atoms with Crippen molar-refractivity contribution in [3.05, 3.63) is 99.8 Å². The predicted octanol–water partition coefficient (Wildman–Crippen LogP) is 5.52. The third kappa shape index (κ3) is 3.59. The average molecular weight is 480 g/mol. The van der Waals surface area contributed by atoms with E-state index in [-0.39, 0.29) is 5.56 Å².